The Morgan fingerprint density at radius 3 is 2.62 bits per heavy atom. The highest BCUT2D eigenvalue weighted by Crippen LogP contribution is 2.32. The van der Waals surface area contributed by atoms with Crippen molar-refractivity contribution in [2.24, 2.45) is 5.73 Å². The minimum Gasteiger partial charge on any atom is -0.330 e. The predicted molar refractivity (Wildman–Crippen MR) is 92.6 cm³/mol. The number of piperidine rings is 1. The third-order valence-corrected chi connectivity index (χ3v) is 4.97. The van der Waals surface area contributed by atoms with E-state index >= 15 is 0 Å². The van der Waals surface area contributed by atoms with Crippen molar-refractivity contribution in [3.63, 3.8) is 0 Å². The standard InChI is InChI=1S/C20H24F2N2/c21-16-9-10-19(22)17(12-16)18(13-23)20-8-4-5-11-24(20)14-15-6-2-1-3-7-15/h1-3,6-7,9-10,12,18,20H,4-5,8,11,13-14,23H2. The Morgan fingerprint density at radius 1 is 1.08 bits per heavy atom. The largest absolute Gasteiger partial charge is 0.330 e. The number of nitrogens with two attached hydrogens (primary N) is 1. The van der Waals surface area contributed by atoms with Gasteiger partial charge >= 0.3 is 0 Å². The number of nitrogens with zero attached hydrogens (tertiary/aromatic N) is 1. The molecule has 1 aliphatic rings. The Bertz CT molecular complexity index is 660. The summed E-state index contributed by atoms with van der Waals surface area (Å²) in [7, 11) is 0. The van der Waals surface area contributed by atoms with Crippen LogP contribution in [0.4, 0.5) is 8.78 Å². The quantitative estimate of drug-likeness (QED) is 0.896. The second-order valence-corrected chi connectivity index (χ2v) is 6.53. The van der Waals surface area contributed by atoms with Gasteiger partial charge in [-0.15, -0.1) is 0 Å². The van der Waals surface area contributed by atoms with Crippen molar-refractivity contribution in [2.75, 3.05) is 13.1 Å². The van der Waals surface area contributed by atoms with E-state index in [-0.39, 0.29) is 17.8 Å². The molecule has 2 atom stereocenters. The Balaban J connectivity index is 1.86. The molecule has 1 aliphatic heterocycles. The molecule has 24 heavy (non-hydrogen) atoms. The van der Waals surface area contributed by atoms with Crippen LogP contribution in [0.25, 0.3) is 0 Å². The first kappa shape index (κ1) is 17.1. The molecule has 0 saturated carbocycles. The van der Waals surface area contributed by atoms with E-state index in [1.54, 1.807) is 0 Å². The van der Waals surface area contributed by atoms with E-state index < -0.39 is 5.82 Å². The first-order valence-electron chi connectivity index (χ1n) is 8.62. The average Bonchev–Trinajstić information content (AvgIpc) is 2.61. The number of hydrogen-bond acceptors (Lipinski definition) is 2. The maximum Gasteiger partial charge on any atom is 0.126 e. The number of likely N-dealkylation sites (tertiary alicyclic amines) is 1. The summed E-state index contributed by atoms with van der Waals surface area (Å²) in [4.78, 5) is 2.38. The summed E-state index contributed by atoms with van der Waals surface area (Å²) in [6.07, 6.45) is 3.19. The van der Waals surface area contributed by atoms with Gasteiger partial charge in [0.15, 0.2) is 0 Å². The van der Waals surface area contributed by atoms with E-state index in [9.17, 15) is 8.78 Å². The highest BCUT2D eigenvalue weighted by Gasteiger charge is 2.31. The molecule has 1 heterocycles. The SMILES string of the molecule is NCC(c1cc(F)ccc1F)C1CCCCN1Cc1ccccc1. The van der Waals surface area contributed by atoms with E-state index in [4.69, 9.17) is 5.73 Å². The van der Waals surface area contributed by atoms with Gasteiger partial charge in [-0.05, 0) is 48.7 Å². The normalized spacial score (nSPS) is 20.0. The van der Waals surface area contributed by atoms with Crippen molar-refractivity contribution in [3.8, 4) is 0 Å². The molecule has 2 N–H and O–H groups in total. The monoisotopic (exact) mass is 330 g/mol. The van der Waals surface area contributed by atoms with Crippen molar-refractivity contribution in [3.05, 3.63) is 71.3 Å². The van der Waals surface area contributed by atoms with Crippen LogP contribution in [0.15, 0.2) is 48.5 Å². The minimum absolute atomic E-state index is 0.139. The second-order valence-electron chi connectivity index (χ2n) is 6.53. The van der Waals surface area contributed by atoms with Crippen molar-refractivity contribution in [1.29, 1.82) is 0 Å². The second kappa shape index (κ2) is 7.86. The molecule has 0 aromatic heterocycles. The summed E-state index contributed by atoms with van der Waals surface area (Å²) in [6, 6.07) is 14.1. The predicted octanol–water partition coefficient (Wildman–Crippen LogP) is 4.06. The van der Waals surface area contributed by atoms with E-state index in [2.05, 4.69) is 17.0 Å². The molecular weight excluding hydrogens is 306 g/mol. The molecule has 2 aromatic rings. The molecule has 128 valence electrons. The molecule has 1 fully saturated rings. The molecule has 3 rings (SSSR count). The van der Waals surface area contributed by atoms with Crippen molar-refractivity contribution >= 4 is 0 Å². The first-order chi connectivity index (χ1) is 11.7. The third kappa shape index (κ3) is 3.82. The van der Waals surface area contributed by atoms with Crippen LogP contribution in [-0.4, -0.2) is 24.0 Å². The zero-order valence-corrected chi connectivity index (χ0v) is 13.8. The Kier molecular flexibility index (Phi) is 5.59. The van der Waals surface area contributed by atoms with Crippen LogP contribution in [0.2, 0.25) is 0 Å². The molecule has 4 heteroatoms. The highest BCUT2D eigenvalue weighted by atomic mass is 19.1. The van der Waals surface area contributed by atoms with Gasteiger partial charge in [0.05, 0.1) is 0 Å². The van der Waals surface area contributed by atoms with E-state index in [1.807, 2.05) is 18.2 Å². The van der Waals surface area contributed by atoms with Gasteiger partial charge in [-0.2, -0.15) is 0 Å². The number of halogens is 2. The molecule has 0 aliphatic carbocycles. The maximum atomic E-state index is 14.3. The van der Waals surface area contributed by atoms with Crippen LogP contribution in [0.5, 0.6) is 0 Å². The van der Waals surface area contributed by atoms with E-state index in [1.165, 1.54) is 17.7 Å². The Labute approximate surface area is 142 Å². The fraction of sp³-hybridized carbons (Fsp3) is 0.400. The topological polar surface area (TPSA) is 29.3 Å². The van der Waals surface area contributed by atoms with Crippen LogP contribution in [0.3, 0.4) is 0 Å². The smallest absolute Gasteiger partial charge is 0.126 e. The Hall–Kier alpha value is -1.78. The van der Waals surface area contributed by atoms with Crippen molar-refractivity contribution < 1.29 is 8.78 Å². The van der Waals surface area contributed by atoms with Crippen LogP contribution in [-0.2, 0) is 6.54 Å². The summed E-state index contributed by atoms with van der Waals surface area (Å²) < 4.78 is 27.9. The third-order valence-electron chi connectivity index (χ3n) is 4.97. The molecule has 0 amide bonds. The fourth-order valence-corrected chi connectivity index (χ4v) is 3.78. The minimum atomic E-state index is -0.407. The van der Waals surface area contributed by atoms with Crippen LogP contribution in [0, 0.1) is 11.6 Å². The van der Waals surface area contributed by atoms with Gasteiger partial charge in [0.25, 0.3) is 0 Å². The number of benzene rings is 2. The van der Waals surface area contributed by atoms with Crippen molar-refractivity contribution in [1.82, 2.24) is 4.90 Å². The lowest BCUT2D eigenvalue weighted by Crippen LogP contribution is -2.45. The summed E-state index contributed by atoms with van der Waals surface area (Å²) in [5.41, 5.74) is 7.64. The molecule has 2 nitrogen and oxygen atoms in total. The first-order valence-corrected chi connectivity index (χ1v) is 8.62. The lowest BCUT2D eigenvalue weighted by molar-refractivity contribution is 0.117. The van der Waals surface area contributed by atoms with Gasteiger partial charge in [0.2, 0.25) is 0 Å². The summed E-state index contributed by atoms with van der Waals surface area (Å²) in [5, 5.41) is 0. The molecule has 0 bridgehead atoms. The van der Waals surface area contributed by atoms with E-state index in [0.717, 1.165) is 38.4 Å². The van der Waals surface area contributed by atoms with Gasteiger partial charge in [-0.3, -0.25) is 4.90 Å². The average molecular weight is 330 g/mol. The zero-order chi connectivity index (χ0) is 16.9. The van der Waals surface area contributed by atoms with Gasteiger partial charge < -0.3 is 5.73 Å². The number of hydrogen-bond donors (Lipinski definition) is 1. The fourth-order valence-electron chi connectivity index (χ4n) is 3.78. The van der Waals surface area contributed by atoms with Crippen LogP contribution >= 0.6 is 0 Å². The summed E-state index contributed by atoms with van der Waals surface area (Å²) in [5.74, 6) is -0.961. The Morgan fingerprint density at radius 2 is 1.88 bits per heavy atom. The van der Waals surface area contributed by atoms with Gasteiger partial charge in [0, 0.05) is 25.0 Å². The molecule has 1 saturated heterocycles. The van der Waals surface area contributed by atoms with Gasteiger partial charge in [0.1, 0.15) is 11.6 Å². The summed E-state index contributed by atoms with van der Waals surface area (Å²) >= 11 is 0. The molecule has 2 aromatic carbocycles. The molecule has 0 radical (unpaired) electrons. The number of rotatable bonds is 5. The molecular formula is C20H24F2N2. The maximum absolute atomic E-state index is 14.3. The van der Waals surface area contributed by atoms with Gasteiger partial charge in [-0.1, -0.05) is 36.8 Å². The lowest BCUT2D eigenvalue weighted by Gasteiger charge is -2.40. The zero-order valence-electron chi connectivity index (χ0n) is 13.8. The van der Waals surface area contributed by atoms with Gasteiger partial charge in [-0.25, -0.2) is 8.78 Å². The molecule has 2 unspecified atom stereocenters. The molecule has 0 spiro atoms. The lowest BCUT2D eigenvalue weighted by atomic mass is 9.84. The highest BCUT2D eigenvalue weighted by molar-refractivity contribution is 5.25. The van der Waals surface area contributed by atoms with Crippen LogP contribution in [0.1, 0.15) is 36.3 Å². The van der Waals surface area contributed by atoms with Crippen LogP contribution < -0.4 is 5.73 Å². The summed E-state index contributed by atoms with van der Waals surface area (Å²) in [6.45, 7) is 2.10. The van der Waals surface area contributed by atoms with Crippen molar-refractivity contribution in [2.45, 2.75) is 37.8 Å². The van der Waals surface area contributed by atoms with E-state index in [0.29, 0.717) is 12.1 Å².